The molecule has 6 nitrogen and oxygen atoms in total. The van der Waals surface area contributed by atoms with Crippen LogP contribution < -0.4 is 9.47 Å². The maximum atomic E-state index is 13.0. The first-order valence-electron chi connectivity index (χ1n) is 7.87. The first-order valence-corrected chi connectivity index (χ1v) is 9.36. The molecule has 10 heteroatoms. The number of halogens is 3. The third-order valence-electron chi connectivity index (χ3n) is 3.98. The van der Waals surface area contributed by atoms with E-state index < -0.39 is 20.5 Å². The van der Waals surface area contributed by atoms with Crippen LogP contribution in [0.4, 0.5) is 13.2 Å². The average molecular weight is 412 g/mol. The molecule has 0 radical (unpaired) electrons. The van der Waals surface area contributed by atoms with E-state index in [1.165, 1.54) is 14.2 Å². The van der Waals surface area contributed by atoms with Gasteiger partial charge in [0.25, 0.3) is 0 Å². The Bertz CT molecular complexity index is 1010. The van der Waals surface area contributed by atoms with Gasteiger partial charge in [0.2, 0.25) is 5.16 Å². The summed E-state index contributed by atoms with van der Waals surface area (Å²) in [5, 5.41) is -1.17. The fraction of sp³-hybridized carbons (Fsp3) is 0.167. The predicted octanol–water partition coefficient (Wildman–Crippen LogP) is 4.05. The van der Waals surface area contributed by atoms with Gasteiger partial charge in [-0.15, -0.1) is 0 Å². The number of rotatable bonds is 5. The van der Waals surface area contributed by atoms with E-state index in [1.807, 2.05) is 0 Å². The summed E-state index contributed by atoms with van der Waals surface area (Å²) in [5.41, 5.74) is -4.40. The summed E-state index contributed by atoms with van der Waals surface area (Å²) in [7, 11) is -2.69. The molecule has 148 valence electrons. The molecule has 2 aromatic carbocycles. The van der Waals surface area contributed by atoms with Crippen molar-refractivity contribution in [2.24, 2.45) is 0 Å². The SMILES string of the molecule is COc1ccc(-c2nc(S(=O)(=O)C(F)(F)F)[nH]c2-c2ccc(OC)cc2)cc1. The molecule has 0 saturated heterocycles. The highest BCUT2D eigenvalue weighted by Gasteiger charge is 2.49. The standard InChI is InChI=1S/C18H15F3N2O4S/c1-26-13-7-3-11(4-8-13)15-16(12-5-9-14(27-2)10-6-12)23-17(22-15)28(24,25)18(19,20)21/h3-10H,1-2H3,(H,22,23). The third-order valence-corrected chi connectivity index (χ3v) is 5.30. The number of hydrogen-bond acceptors (Lipinski definition) is 5. The number of methoxy groups -OCH3 is 2. The molecule has 0 saturated carbocycles. The Morgan fingerprint density at radius 2 is 1.32 bits per heavy atom. The number of hydrogen-bond donors (Lipinski definition) is 1. The van der Waals surface area contributed by atoms with Gasteiger partial charge in [-0.25, -0.2) is 13.4 Å². The van der Waals surface area contributed by atoms with Crippen molar-refractivity contribution in [2.75, 3.05) is 14.2 Å². The van der Waals surface area contributed by atoms with E-state index in [0.29, 0.717) is 22.6 Å². The Balaban J connectivity index is 2.20. The van der Waals surface area contributed by atoms with Gasteiger partial charge < -0.3 is 14.5 Å². The lowest BCUT2D eigenvalue weighted by Gasteiger charge is -2.06. The number of ether oxygens (including phenoxy) is 2. The molecule has 1 aromatic heterocycles. The highest BCUT2D eigenvalue weighted by Crippen LogP contribution is 2.36. The van der Waals surface area contributed by atoms with Crippen LogP contribution in [0, 0.1) is 0 Å². The van der Waals surface area contributed by atoms with Gasteiger partial charge in [0.1, 0.15) is 11.5 Å². The lowest BCUT2D eigenvalue weighted by atomic mass is 10.0. The molecule has 0 aliphatic heterocycles. The molecule has 0 amide bonds. The van der Waals surface area contributed by atoms with Crippen LogP contribution in [0.15, 0.2) is 53.7 Å². The number of imidazole rings is 1. The first-order chi connectivity index (χ1) is 13.2. The van der Waals surface area contributed by atoms with Crippen LogP contribution in [0.2, 0.25) is 0 Å². The summed E-state index contributed by atoms with van der Waals surface area (Å²) in [6.07, 6.45) is 0. The Morgan fingerprint density at radius 1 is 0.857 bits per heavy atom. The molecule has 0 unspecified atom stereocenters. The van der Waals surface area contributed by atoms with Gasteiger partial charge in [0, 0.05) is 11.1 Å². The molecule has 3 rings (SSSR count). The second-order valence-electron chi connectivity index (χ2n) is 5.67. The lowest BCUT2D eigenvalue weighted by Crippen LogP contribution is -2.24. The molecule has 0 aliphatic carbocycles. The first kappa shape index (κ1) is 19.7. The minimum absolute atomic E-state index is 0.0654. The molecule has 0 spiro atoms. The molecule has 0 fully saturated rings. The van der Waals surface area contributed by atoms with E-state index in [-0.39, 0.29) is 11.4 Å². The van der Waals surface area contributed by atoms with Crippen LogP contribution in [0.25, 0.3) is 22.5 Å². The quantitative estimate of drug-likeness (QED) is 0.684. The van der Waals surface area contributed by atoms with Crippen molar-refractivity contribution < 1.29 is 31.1 Å². The smallest absolute Gasteiger partial charge is 0.497 e. The van der Waals surface area contributed by atoms with Crippen LogP contribution in [0.1, 0.15) is 0 Å². The number of nitrogens with one attached hydrogen (secondary N) is 1. The number of aromatic amines is 1. The summed E-state index contributed by atoms with van der Waals surface area (Å²) >= 11 is 0. The molecule has 0 aliphatic rings. The van der Waals surface area contributed by atoms with E-state index in [1.54, 1.807) is 48.5 Å². The van der Waals surface area contributed by atoms with Gasteiger partial charge in [0.15, 0.2) is 0 Å². The molecule has 1 heterocycles. The molecular weight excluding hydrogens is 397 g/mol. The van der Waals surface area contributed by atoms with Crippen LogP contribution >= 0.6 is 0 Å². The number of benzene rings is 2. The molecule has 3 aromatic rings. The van der Waals surface area contributed by atoms with Gasteiger partial charge in [-0.3, -0.25) is 0 Å². The van der Waals surface area contributed by atoms with Crippen molar-refractivity contribution in [1.29, 1.82) is 0 Å². The number of aromatic nitrogens is 2. The van der Waals surface area contributed by atoms with Gasteiger partial charge in [-0.05, 0) is 48.5 Å². The number of nitrogens with zero attached hydrogens (tertiary/aromatic N) is 1. The Kier molecular flexibility index (Phi) is 5.07. The molecule has 1 N–H and O–H groups in total. The normalized spacial score (nSPS) is 12.0. The van der Waals surface area contributed by atoms with Crippen LogP contribution in [-0.2, 0) is 9.84 Å². The maximum Gasteiger partial charge on any atom is 0.504 e. The maximum absolute atomic E-state index is 13.0. The minimum atomic E-state index is -5.64. The summed E-state index contributed by atoms with van der Waals surface area (Å²) in [4.78, 5) is 6.08. The largest absolute Gasteiger partial charge is 0.504 e. The zero-order chi connectivity index (χ0) is 20.5. The Labute approximate surface area is 158 Å². The van der Waals surface area contributed by atoms with Crippen LogP contribution in [0.5, 0.6) is 11.5 Å². The Hall–Kier alpha value is -3.01. The summed E-state index contributed by atoms with van der Waals surface area (Å²) in [6, 6.07) is 12.7. The molecule has 28 heavy (non-hydrogen) atoms. The fourth-order valence-corrected chi connectivity index (χ4v) is 3.18. The summed E-state index contributed by atoms with van der Waals surface area (Å²) in [6.45, 7) is 0. The van der Waals surface area contributed by atoms with Gasteiger partial charge in [-0.1, -0.05) is 0 Å². The zero-order valence-corrected chi connectivity index (χ0v) is 15.6. The predicted molar refractivity (Wildman–Crippen MR) is 95.8 cm³/mol. The number of alkyl halides is 3. The molecule has 0 atom stereocenters. The minimum Gasteiger partial charge on any atom is -0.497 e. The van der Waals surface area contributed by atoms with Crippen molar-refractivity contribution in [3.8, 4) is 34.0 Å². The van der Waals surface area contributed by atoms with E-state index >= 15 is 0 Å². The average Bonchev–Trinajstić information content (AvgIpc) is 3.13. The van der Waals surface area contributed by atoms with E-state index in [4.69, 9.17) is 9.47 Å². The van der Waals surface area contributed by atoms with Crippen LogP contribution in [-0.4, -0.2) is 38.1 Å². The monoisotopic (exact) mass is 412 g/mol. The van der Waals surface area contributed by atoms with Crippen LogP contribution in [0.3, 0.4) is 0 Å². The van der Waals surface area contributed by atoms with Crippen molar-refractivity contribution in [3.63, 3.8) is 0 Å². The second-order valence-corrected chi connectivity index (χ2v) is 7.53. The molecule has 0 bridgehead atoms. The topological polar surface area (TPSA) is 81.3 Å². The zero-order valence-electron chi connectivity index (χ0n) is 14.7. The van der Waals surface area contributed by atoms with Crippen molar-refractivity contribution in [3.05, 3.63) is 48.5 Å². The summed E-state index contributed by atoms with van der Waals surface area (Å²) < 4.78 is 72.7. The fourth-order valence-electron chi connectivity index (χ4n) is 2.51. The van der Waals surface area contributed by atoms with Gasteiger partial charge in [0.05, 0.1) is 25.6 Å². The van der Waals surface area contributed by atoms with Crippen molar-refractivity contribution in [2.45, 2.75) is 10.7 Å². The van der Waals surface area contributed by atoms with Crippen molar-refractivity contribution >= 4 is 9.84 Å². The number of sulfone groups is 1. The van der Waals surface area contributed by atoms with Crippen molar-refractivity contribution in [1.82, 2.24) is 9.97 Å². The highest BCUT2D eigenvalue weighted by molar-refractivity contribution is 7.92. The molecular formula is C18H15F3N2O4S. The lowest BCUT2D eigenvalue weighted by molar-refractivity contribution is -0.0439. The van der Waals surface area contributed by atoms with Gasteiger partial charge >= 0.3 is 15.3 Å². The highest BCUT2D eigenvalue weighted by atomic mass is 32.2. The van der Waals surface area contributed by atoms with E-state index in [0.717, 1.165) is 0 Å². The third kappa shape index (κ3) is 3.55. The second kappa shape index (κ2) is 7.19. The Morgan fingerprint density at radius 3 is 1.75 bits per heavy atom. The number of H-pyrrole nitrogens is 1. The van der Waals surface area contributed by atoms with E-state index in [9.17, 15) is 21.6 Å². The van der Waals surface area contributed by atoms with Gasteiger partial charge in [-0.2, -0.15) is 13.2 Å². The van der Waals surface area contributed by atoms with E-state index in [2.05, 4.69) is 9.97 Å². The summed E-state index contributed by atoms with van der Waals surface area (Å²) in [5.74, 6) is 1.07.